The van der Waals surface area contributed by atoms with Crippen molar-refractivity contribution in [2.24, 2.45) is 0 Å². The van der Waals surface area contributed by atoms with Crippen molar-refractivity contribution in [3.8, 4) is 5.00 Å². The van der Waals surface area contributed by atoms with Gasteiger partial charge in [-0.1, -0.05) is 22.9 Å². The lowest BCUT2D eigenvalue weighted by Crippen LogP contribution is -2.25. The van der Waals surface area contributed by atoms with Crippen LogP contribution < -0.4 is 10.6 Å². The maximum Gasteiger partial charge on any atom is 0.367 e. The normalized spacial score (nSPS) is 10.8. The number of methoxy groups -OCH3 is 1. The zero-order valence-corrected chi connectivity index (χ0v) is 14.7. The number of nitrogens with zero attached hydrogens (tertiary/aromatic N) is 4. The van der Waals surface area contributed by atoms with E-state index in [1.165, 1.54) is 17.9 Å². The van der Waals surface area contributed by atoms with E-state index in [2.05, 4.69) is 14.7 Å². The van der Waals surface area contributed by atoms with Crippen LogP contribution in [0.15, 0.2) is 29.2 Å². The van der Waals surface area contributed by atoms with Gasteiger partial charge in [0.1, 0.15) is 10.8 Å². The maximum atomic E-state index is 12.6. The fourth-order valence-corrected chi connectivity index (χ4v) is 3.30. The molecular weight excluding hydrogens is 352 g/mol. The molecule has 9 heteroatoms. The first-order chi connectivity index (χ1) is 11.4. The average molecular weight is 365 g/mol. The highest BCUT2D eigenvalue weighted by atomic mass is 35.5. The third-order valence-electron chi connectivity index (χ3n) is 3.33. The largest absolute Gasteiger partial charge is 0.464 e. The minimum atomic E-state index is -0.556. The number of aromatic nitrogens is 3. The molecule has 0 N–H and O–H groups in total. The number of rotatable bonds is 3. The number of anilines is 1. The van der Waals surface area contributed by atoms with Gasteiger partial charge in [-0.3, -0.25) is 0 Å². The van der Waals surface area contributed by atoms with Crippen LogP contribution in [0.5, 0.6) is 0 Å². The molecule has 2 aromatic heterocycles. The highest BCUT2D eigenvalue weighted by Crippen LogP contribution is 2.28. The Balaban J connectivity index is 2.32. The molecule has 0 atom stereocenters. The lowest BCUT2D eigenvalue weighted by atomic mass is 10.2. The van der Waals surface area contributed by atoms with E-state index < -0.39 is 11.7 Å². The van der Waals surface area contributed by atoms with Crippen molar-refractivity contribution in [2.45, 2.75) is 0 Å². The number of fused-ring (bicyclic) bond motifs is 1. The van der Waals surface area contributed by atoms with E-state index >= 15 is 0 Å². The van der Waals surface area contributed by atoms with E-state index in [0.29, 0.717) is 21.4 Å². The Labute approximate surface area is 146 Å². The Bertz CT molecular complexity index is 996. The van der Waals surface area contributed by atoms with Crippen molar-refractivity contribution in [2.75, 3.05) is 26.1 Å². The molecule has 0 amide bonds. The number of halogens is 1. The zero-order valence-electron chi connectivity index (χ0n) is 13.1. The summed E-state index contributed by atoms with van der Waals surface area (Å²) in [7, 11) is 4.89. The van der Waals surface area contributed by atoms with E-state index in [0.717, 1.165) is 16.7 Å². The first-order valence-electron chi connectivity index (χ1n) is 6.86. The second kappa shape index (κ2) is 6.21. The van der Waals surface area contributed by atoms with Crippen molar-refractivity contribution in [3.05, 3.63) is 44.9 Å². The summed E-state index contributed by atoms with van der Waals surface area (Å²) in [5.74, 6) is -0.0138. The monoisotopic (exact) mass is 364 g/mol. The molecule has 1 aromatic carbocycles. The van der Waals surface area contributed by atoms with Crippen LogP contribution in [-0.4, -0.2) is 41.7 Å². The lowest BCUT2D eigenvalue weighted by Gasteiger charge is -2.16. The predicted octanol–water partition coefficient (Wildman–Crippen LogP) is 2.35. The molecule has 0 unspecified atom stereocenters. The van der Waals surface area contributed by atoms with Gasteiger partial charge in [-0.05, 0) is 18.2 Å². The summed E-state index contributed by atoms with van der Waals surface area (Å²) in [6, 6.07) is 5.22. The van der Waals surface area contributed by atoms with Crippen molar-refractivity contribution in [1.82, 2.24) is 14.5 Å². The van der Waals surface area contributed by atoms with Crippen LogP contribution in [0.4, 0.5) is 5.82 Å². The molecule has 0 aliphatic carbocycles. The number of thiazole rings is 1. The number of carbonyl (C=O) groups is 1. The fraction of sp³-hybridized carbons (Fsp3) is 0.200. The number of hydrogen-bond donors (Lipinski definition) is 0. The van der Waals surface area contributed by atoms with Gasteiger partial charge in [0.05, 0.1) is 18.8 Å². The van der Waals surface area contributed by atoms with Gasteiger partial charge >= 0.3 is 11.7 Å². The molecule has 124 valence electrons. The second-order valence-electron chi connectivity index (χ2n) is 5.10. The van der Waals surface area contributed by atoms with Crippen LogP contribution in [0.2, 0.25) is 5.02 Å². The summed E-state index contributed by atoms with van der Waals surface area (Å²) in [4.78, 5) is 34.1. The van der Waals surface area contributed by atoms with E-state index in [1.807, 2.05) is 14.1 Å². The van der Waals surface area contributed by atoms with Crippen LogP contribution in [-0.2, 0) is 4.74 Å². The third kappa shape index (κ3) is 2.74. The molecule has 0 aliphatic rings. The van der Waals surface area contributed by atoms with Gasteiger partial charge in [-0.25, -0.2) is 19.1 Å². The molecule has 24 heavy (non-hydrogen) atoms. The van der Waals surface area contributed by atoms with E-state index in [-0.39, 0.29) is 5.01 Å². The first-order valence-corrected chi connectivity index (χ1v) is 8.06. The lowest BCUT2D eigenvalue weighted by molar-refractivity contribution is 0.0600. The minimum Gasteiger partial charge on any atom is -0.464 e. The average Bonchev–Trinajstić information content (AvgIpc) is 3.02. The number of benzene rings is 1. The number of carbonyl (C=O) groups excluding carboxylic acids is 1. The quantitative estimate of drug-likeness (QED) is 0.664. The number of ether oxygens (including phenoxy) is 1. The first kappa shape index (κ1) is 16.4. The summed E-state index contributed by atoms with van der Waals surface area (Å²) in [6.07, 6.45) is 1.44. The Kier molecular flexibility index (Phi) is 4.25. The molecule has 0 fully saturated rings. The summed E-state index contributed by atoms with van der Waals surface area (Å²) in [5.41, 5.74) is 0.111. The van der Waals surface area contributed by atoms with Crippen molar-refractivity contribution < 1.29 is 9.53 Å². The molecule has 0 radical (unpaired) electrons. The number of esters is 1. The topological polar surface area (TPSA) is 77.3 Å². The molecular formula is C15H13ClN4O3S. The molecule has 0 saturated heterocycles. The molecule has 2 heterocycles. The SMILES string of the molecule is COC(=O)c1ncc(-n2c(=O)nc(N(C)C)c3ccc(Cl)cc32)s1. The second-order valence-corrected chi connectivity index (χ2v) is 6.55. The highest BCUT2D eigenvalue weighted by Gasteiger charge is 2.18. The molecule has 0 spiro atoms. The maximum absolute atomic E-state index is 12.6. The molecule has 0 aliphatic heterocycles. The van der Waals surface area contributed by atoms with Crippen LogP contribution in [0.3, 0.4) is 0 Å². The van der Waals surface area contributed by atoms with Crippen LogP contribution in [0, 0.1) is 0 Å². The van der Waals surface area contributed by atoms with E-state index in [4.69, 9.17) is 11.6 Å². The Morgan fingerprint density at radius 2 is 2.12 bits per heavy atom. The van der Waals surface area contributed by atoms with Crippen molar-refractivity contribution in [1.29, 1.82) is 0 Å². The van der Waals surface area contributed by atoms with Crippen LogP contribution in [0.25, 0.3) is 15.9 Å². The predicted molar refractivity (Wildman–Crippen MR) is 93.7 cm³/mol. The number of hydrogen-bond acceptors (Lipinski definition) is 7. The van der Waals surface area contributed by atoms with Crippen molar-refractivity contribution in [3.63, 3.8) is 0 Å². The molecule has 0 bridgehead atoms. The van der Waals surface area contributed by atoms with Gasteiger partial charge < -0.3 is 9.64 Å². The summed E-state index contributed by atoms with van der Waals surface area (Å²) in [5, 5.41) is 1.87. The zero-order chi connectivity index (χ0) is 17.4. The van der Waals surface area contributed by atoms with Gasteiger partial charge in [-0.15, -0.1) is 0 Å². The standard InChI is InChI=1S/C15H13ClN4O3S/c1-19(2)12-9-5-4-8(16)6-10(9)20(15(22)18-12)11-7-17-13(24-11)14(21)23-3/h4-7H,1-3H3. The van der Waals surface area contributed by atoms with E-state index in [9.17, 15) is 9.59 Å². The summed E-state index contributed by atoms with van der Waals surface area (Å²) >= 11 is 7.15. The van der Waals surface area contributed by atoms with Crippen LogP contribution in [0.1, 0.15) is 9.80 Å². The summed E-state index contributed by atoms with van der Waals surface area (Å²) in [6.45, 7) is 0. The molecule has 0 saturated carbocycles. The Hall–Kier alpha value is -2.45. The summed E-state index contributed by atoms with van der Waals surface area (Å²) < 4.78 is 6.04. The van der Waals surface area contributed by atoms with Gasteiger partial charge in [0.25, 0.3) is 0 Å². The Morgan fingerprint density at radius 1 is 1.38 bits per heavy atom. The van der Waals surface area contributed by atoms with Gasteiger partial charge in [-0.2, -0.15) is 4.98 Å². The minimum absolute atomic E-state index is 0.159. The fourth-order valence-electron chi connectivity index (χ4n) is 2.29. The Morgan fingerprint density at radius 3 is 2.79 bits per heavy atom. The van der Waals surface area contributed by atoms with Crippen molar-refractivity contribution >= 4 is 45.6 Å². The van der Waals surface area contributed by atoms with Gasteiger partial charge in [0, 0.05) is 24.5 Å². The molecule has 3 aromatic rings. The van der Waals surface area contributed by atoms with Gasteiger partial charge in [0.15, 0.2) is 0 Å². The third-order valence-corrected chi connectivity index (χ3v) is 4.53. The smallest absolute Gasteiger partial charge is 0.367 e. The van der Waals surface area contributed by atoms with E-state index in [1.54, 1.807) is 23.1 Å². The molecule has 7 nitrogen and oxygen atoms in total. The van der Waals surface area contributed by atoms with Gasteiger partial charge in [0.2, 0.25) is 5.01 Å². The highest BCUT2D eigenvalue weighted by molar-refractivity contribution is 7.16. The molecule has 3 rings (SSSR count). The van der Waals surface area contributed by atoms with Crippen LogP contribution >= 0.6 is 22.9 Å².